The summed E-state index contributed by atoms with van der Waals surface area (Å²) in [5.41, 5.74) is 0.781. The lowest BCUT2D eigenvalue weighted by Gasteiger charge is -2.28. The van der Waals surface area contributed by atoms with Gasteiger partial charge < -0.3 is 10.2 Å². The van der Waals surface area contributed by atoms with E-state index in [1.807, 2.05) is 11.7 Å². The van der Waals surface area contributed by atoms with Crippen LogP contribution >= 0.6 is 0 Å². The fourth-order valence-electron chi connectivity index (χ4n) is 6.77. The minimum atomic E-state index is 0.105. The maximum atomic E-state index is 13.3. The van der Waals surface area contributed by atoms with Crippen molar-refractivity contribution in [3.05, 3.63) is 11.8 Å². The first-order valence-corrected chi connectivity index (χ1v) is 11.3. The average Bonchev–Trinajstić information content (AvgIpc) is 3.00. The molecule has 3 saturated carbocycles. The second-order valence-electron chi connectivity index (χ2n) is 9.66. The van der Waals surface area contributed by atoms with Crippen molar-refractivity contribution in [1.29, 1.82) is 0 Å². The van der Waals surface area contributed by atoms with E-state index in [9.17, 15) is 4.79 Å². The number of nitrogens with zero attached hydrogens (tertiary/aromatic N) is 3. The molecule has 1 aromatic heterocycles. The Morgan fingerprint density at radius 1 is 1.04 bits per heavy atom. The molecule has 4 aliphatic rings. The van der Waals surface area contributed by atoms with Crippen LogP contribution in [-0.4, -0.2) is 34.8 Å². The molecule has 1 N–H and O–H groups in total. The van der Waals surface area contributed by atoms with Gasteiger partial charge in [0.25, 0.3) is 5.91 Å². The van der Waals surface area contributed by atoms with Gasteiger partial charge in [0.1, 0.15) is 11.4 Å². The van der Waals surface area contributed by atoms with Gasteiger partial charge >= 0.3 is 0 Å². The molecular weight excluding hydrogens is 336 g/mol. The smallest absolute Gasteiger partial charge is 0.256 e. The molecule has 1 aromatic rings. The van der Waals surface area contributed by atoms with Crippen molar-refractivity contribution in [2.45, 2.75) is 70.3 Å². The van der Waals surface area contributed by atoms with Gasteiger partial charge in [0.15, 0.2) is 0 Å². The Morgan fingerprint density at radius 2 is 1.81 bits per heavy atom. The van der Waals surface area contributed by atoms with E-state index in [0.717, 1.165) is 42.2 Å². The van der Waals surface area contributed by atoms with Crippen LogP contribution in [0.2, 0.25) is 0 Å². The highest BCUT2D eigenvalue weighted by Crippen LogP contribution is 2.53. The molecule has 3 aliphatic carbocycles. The van der Waals surface area contributed by atoms with Crippen LogP contribution in [0, 0.1) is 23.7 Å². The van der Waals surface area contributed by atoms with Crippen molar-refractivity contribution in [1.82, 2.24) is 15.1 Å². The monoisotopic (exact) mass is 370 g/mol. The van der Waals surface area contributed by atoms with Crippen molar-refractivity contribution in [3.63, 3.8) is 0 Å². The summed E-state index contributed by atoms with van der Waals surface area (Å²) in [6.07, 6.45) is 14.9. The predicted octanol–water partition coefficient (Wildman–Crippen LogP) is 3.75. The first kappa shape index (κ1) is 17.6. The van der Waals surface area contributed by atoms with Gasteiger partial charge in [-0.25, -0.2) is 0 Å². The van der Waals surface area contributed by atoms with Gasteiger partial charge in [0, 0.05) is 26.2 Å². The Kier molecular flexibility index (Phi) is 4.65. The molecule has 0 aromatic carbocycles. The molecule has 5 unspecified atom stereocenters. The van der Waals surface area contributed by atoms with Gasteiger partial charge in [-0.3, -0.25) is 9.48 Å². The molecular formula is C22H34N4O. The number of fused-ring (bicyclic) bond motifs is 2. The van der Waals surface area contributed by atoms with Gasteiger partial charge in [-0.05, 0) is 75.0 Å². The molecule has 5 atom stereocenters. The zero-order valence-corrected chi connectivity index (χ0v) is 16.7. The molecule has 1 amide bonds. The zero-order chi connectivity index (χ0) is 18.4. The Bertz CT molecular complexity index is 690. The van der Waals surface area contributed by atoms with Crippen molar-refractivity contribution < 1.29 is 4.79 Å². The maximum Gasteiger partial charge on any atom is 0.256 e. The van der Waals surface area contributed by atoms with Crippen molar-refractivity contribution in [2.24, 2.45) is 30.7 Å². The number of nitrogens with one attached hydrogen (secondary N) is 1. The largest absolute Gasteiger partial charge is 0.356 e. The van der Waals surface area contributed by atoms with E-state index in [-0.39, 0.29) is 5.91 Å². The van der Waals surface area contributed by atoms with E-state index in [4.69, 9.17) is 0 Å². The summed E-state index contributed by atoms with van der Waals surface area (Å²) in [6, 6.07) is 0.370. The fraction of sp³-hybridized carbons (Fsp3) is 0.818. The van der Waals surface area contributed by atoms with Gasteiger partial charge in [-0.1, -0.05) is 12.8 Å². The predicted molar refractivity (Wildman–Crippen MR) is 107 cm³/mol. The minimum absolute atomic E-state index is 0.105. The number of hydrogen-bond acceptors (Lipinski definition) is 3. The van der Waals surface area contributed by atoms with Gasteiger partial charge in [-0.2, -0.15) is 5.10 Å². The number of hydrogen-bond donors (Lipinski definition) is 1. The SMILES string of the molecule is Cn1ncc(C(=O)NC2CCC3CC4CC(C3)C2C4)c1N1CCCCCC1. The Balaban J connectivity index is 1.34. The van der Waals surface area contributed by atoms with Crippen LogP contribution in [0.5, 0.6) is 0 Å². The van der Waals surface area contributed by atoms with Crippen LogP contribution in [0.1, 0.15) is 74.6 Å². The topological polar surface area (TPSA) is 50.2 Å². The fourth-order valence-corrected chi connectivity index (χ4v) is 6.77. The molecule has 5 nitrogen and oxygen atoms in total. The molecule has 27 heavy (non-hydrogen) atoms. The molecule has 5 rings (SSSR count). The number of rotatable bonds is 3. The number of carbonyl (C=O) groups excluding carboxylic acids is 1. The maximum absolute atomic E-state index is 13.3. The quantitative estimate of drug-likeness (QED) is 0.882. The molecule has 1 aliphatic heterocycles. The third-order valence-corrected chi connectivity index (χ3v) is 7.93. The highest BCUT2D eigenvalue weighted by molar-refractivity contribution is 5.99. The Morgan fingerprint density at radius 3 is 2.63 bits per heavy atom. The first-order chi connectivity index (χ1) is 13.2. The van der Waals surface area contributed by atoms with E-state index in [1.54, 1.807) is 6.20 Å². The second-order valence-corrected chi connectivity index (χ2v) is 9.66. The number of anilines is 1. The molecule has 148 valence electrons. The standard InChI is InChI=1S/C22H34N4O/c1-25-22(26-8-4-2-3-5-9-26)19(14-23-25)21(27)24-20-7-6-15-10-16-12-17(11-15)18(20)13-16/h14-18,20H,2-13H2,1H3,(H,24,27). The molecule has 3 bridgehead atoms. The third kappa shape index (κ3) is 3.27. The summed E-state index contributed by atoms with van der Waals surface area (Å²) in [6.45, 7) is 2.08. The van der Waals surface area contributed by atoms with E-state index in [1.165, 1.54) is 64.2 Å². The average molecular weight is 371 g/mol. The van der Waals surface area contributed by atoms with Crippen LogP contribution in [-0.2, 0) is 7.05 Å². The normalized spacial score (nSPS) is 35.7. The minimum Gasteiger partial charge on any atom is -0.356 e. The number of amides is 1. The van der Waals surface area contributed by atoms with Gasteiger partial charge in [-0.15, -0.1) is 0 Å². The van der Waals surface area contributed by atoms with Crippen LogP contribution in [0.4, 0.5) is 5.82 Å². The number of aryl methyl sites for hydroxylation is 1. The van der Waals surface area contributed by atoms with Crippen molar-refractivity contribution in [2.75, 3.05) is 18.0 Å². The zero-order valence-electron chi connectivity index (χ0n) is 16.7. The summed E-state index contributed by atoms with van der Waals surface area (Å²) < 4.78 is 1.90. The van der Waals surface area contributed by atoms with E-state index >= 15 is 0 Å². The Hall–Kier alpha value is -1.52. The highest BCUT2D eigenvalue weighted by Gasteiger charge is 2.46. The lowest BCUT2D eigenvalue weighted by atomic mass is 9.80. The van der Waals surface area contributed by atoms with E-state index in [0.29, 0.717) is 12.0 Å². The van der Waals surface area contributed by atoms with Gasteiger partial charge in [0.05, 0.1) is 6.20 Å². The van der Waals surface area contributed by atoms with E-state index in [2.05, 4.69) is 15.3 Å². The second kappa shape index (κ2) is 7.14. The summed E-state index contributed by atoms with van der Waals surface area (Å²) in [7, 11) is 1.98. The van der Waals surface area contributed by atoms with Crippen LogP contribution < -0.4 is 10.2 Å². The lowest BCUT2D eigenvalue weighted by molar-refractivity contribution is 0.0913. The van der Waals surface area contributed by atoms with Crippen molar-refractivity contribution in [3.8, 4) is 0 Å². The summed E-state index contributed by atoms with van der Waals surface area (Å²) >= 11 is 0. The molecule has 5 heteroatoms. The van der Waals surface area contributed by atoms with Crippen LogP contribution in [0.3, 0.4) is 0 Å². The van der Waals surface area contributed by atoms with Gasteiger partial charge in [0.2, 0.25) is 0 Å². The molecule has 0 radical (unpaired) electrons. The number of aromatic nitrogens is 2. The molecule has 2 heterocycles. The molecule has 4 fully saturated rings. The number of carbonyl (C=O) groups is 1. The van der Waals surface area contributed by atoms with Crippen LogP contribution in [0.15, 0.2) is 6.20 Å². The third-order valence-electron chi connectivity index (χ3n) is 7.93. The van der Waals surface area contributed by atoms with Crippen LogP contribution in [0.25, 0.3) is 0 Å². The molecule has 1 saturated heterocycles. The summed E-state index contributed by atoms with van der Waals surface area (Å²) in [5.74, 6) is 4.56. The Labute approximate surface area is 162 Å². The van der Waals surface area contributed by atoms with Crippen molar-refractivity contribution >= 4 is 11.7 Å². The first-order valence-electron chi connectivity index (χ1n) is 11.3. The summed E-state index contributed by atoms with van der Waals surface area (Å²) in [5, 5.41) is 7.93. The lowest BCUT2D eigenvalue weighted by Crippen LogP contribution is -2.41. The summed E-state index contributed by atoms with van der Waals surface area (Å²) in [4.78, 5) is 15.7. The van der Waals surface area contributed by atoms with E-state index < -0.39 is 0 Å². The molecule has 0 spiro atoms. The highest BCUT2D eigenvalue weighted by atomic mass is 16.1.